The zero-order valence-electron chi connectivity index (χ0n) is 8.96. The molecule has 0 spiro atoms. The Kier molecular flexibility index (Phi) is 3.25. The predicted octanol–water partition coefficient (Wildman–Crippen LogP) is 3.01. The van der Waals surface area contributed by atoms with Crippen molar-refractivity contribution in [3.8, 4) is 0 Å². The largest absolute Gasteiger partial charge is 0.289 e. The second-order valence-corrected chi connectivity index (χ2v) is 3.48. The lowest BCUT2D eigenvalue weighted by Gasteiger charge is -2.02. The van der Waals surface area contributed by atoms with E-state index >= 15 is 0 Å². The van der Waals surface area contributed by atoms with Gasteiger partial charge in [-0.1, -0.05) is 30.3 Å². The van der Waals surface area contributed by atoms with E-state index in [1.165, 1.54) is 0 Å². The van der Waals surface area contributed by atoms with Gasteiger partial charge in [-0.15, -0.1) is 4.91 Å². The van der Waals surface area contributed by atoms with Gasteiger partial charge < -0.3 is 0 Å². The fourth-order valence-corrected chi connectivity index (χ4v) is 1.51. The van der Waals surface area contributed by atoms with E-state index < -0.39 is 0 Å². The normalized spacial score (nSPS) is 9.65. The number of benzene rings is 2. The molecule has 0 aromatic heterocycles. The summed E-state index contributed by atoms with van der Waals surface area (Å²) < 4.78 is 0. The molecule has 4 nitrogen and oxygen atoms in total. The third-order valence-corrected chi connectivity index (χ3v) is 2.36. The van der Waals surface area contributed by atoms with Crippen LogP contribution in [-0.4, -0.2) is 5.78 Å². The first-order valence-corrected chi connectivity index (χ1v) is 5.09. The predicted molar refractivity (Wildman–Crippen MR) is 65.7 cm³/mol. The number of rotatable bonds is 4. The summed E-state index contributed by atoms with van der Waals surface area (Å²) in [6.07, 6.45) is 0. The molecular formula is C13H10N2O2. The summed E-state index contributed by atoms with van der Waals surface area (Å²) in [5.41, 5.74) is 4.05. The minimum Gasteiger partial charge on any atom is -0.289 e. The van der Waals surface area contributed by atoms with Crippen LogP contribution in [-0.2, 0) is 0 Å². The molecule has 4 heteroatoms. The molecule has 2 aromatic rings. The first-order valence-electron chi connectivity index (χ1n) is 5.09. The number of ketones is 1. The van der Waals surface area contributed by atoms with Gasteiger partial charge in [-0.3, -0.25) is 4.79 Å². The Hall–Kier alpha value is -2.49. The van der Waals surface area contributed by atoms with E-state index in [4.69, 9.17) is 0 Å². The highest BCUT2D eigenvalue weighted by molar-refractivity contribution is 6.09. The van der Waals surface area contributed by atoms with Crippen LogP contribution in [0.1, 0.15) is 15.9 Å². The topological polar surface area (TPSA) is 58.5 Å². The zero-order valence-corrected chi connectivity index (χ0v) is 8.96. The van der Waals surface area contributed by atoms with Crippen LogP contribution < -0.4 is 5.43 Å². The Morgan fingerprint density at radius 1 is 0.882 bits per heavy atom. The Morgan fingerprint density at radius 3 is 2.06 bits per heavy atom. The van der Waals surface area contributed by atoms with Gasteiger partial charge in [0, 0.05) is 11.1 Å². The van der Waals surface area contributed by atoms with Crippen molar-refractivity contribution in [2.24, 2.45) is 5.29 Å². The molecule has 0 aliphatic heterocycles. The molecule has 0 atom stereocenters. The Bertz CT molecular complexity index is 521. The SMILES string of the molecule is O=NNc1ccc(C(=O)c2ccccc2)cc1. The molecule has 2 rings (SSSR count). The molecule has 17 heavy (non-hydrogen) atoms. The average Bonchev–Trinajstić information content (AvgIpc) is 2.40. The number of anilines is 1. The fraction of sp³-hybridized carbons (Fsp3) is 0. The standard InChI is InChI=1S/C13H10N2O2/c16-13(10-4-2-1-3-5-10)11-6-8-12(9-7-11)14-15-17/h1-9H,(H,14,17). The quantitative estimate of drug-likeness (QED) is 0.495. The van der Waals surface area contributed by atoms with Crippen molar-refractivity contribution in [1.29, 1.82) is 0 Å². The molecule has 0 unspecified atom stereocenters. The van der Waals surface area contributed by atoms with Crippen LogP contribution in [0.3, 0.4) is 0 Å². The second-order valence-electron chi connectivity index (χ2n) is 3.48. The number of hydrogen-bond acceptors (Lipinski definition) is 3. The van der Waals surface area contributed by atoms with Crippen LogP contribution in [0.25, 0.3) is 0 Å². The van der Waals surface area contributed by atoms with Gasteiger partial charge >= 0.3 is 0 Å². The molecule has 2 aromatic carbocycles. The van der Waals surface area contributed by atoms with Gasteiger partial charge in [-0.25, -0.2) is 5.43 Å². The first-order chi connectivity index (χ1) is 8.31. The van der Waals surface area contributed by atoms with Crippen LogP contribution in [0.4, 0.5) is 5.69 Å². The van der Waals surface area contributed by atoms with Crippen LogP contribution in [0.2, 0.25) is 0 Å². The summed E-state index contributed by atoms with van der Waals surface area (Å²) in [7, 11) is 0. The van der Waals surface area contributed by atoms with E-state index in [0.29, 0.717) is 16.8 Å². The lowest BCUT2D eigenvalue weighted by molar-refractivity contribution is 0.103. The Morgan fingerprint density at radius 2 is 1.47 bits per heavy atom. The first kappa shape index (κ1) is 11.0. The molecule has 0 saturated carbocycles. The van der Waals surface area contributed by atoms with Gasteiger partial charge in [0.15, 0.2) is 5.78 Å². The maximum atomic E-state index is 12.0. The maximum Gasteiger partial charge on any atom is 0.193 e. The maximum absolute atomic E-state index is 12.0. The molecule has 0 fully saturated rings. The van der Waals surface area contributed by atoms with E-state index in [2.05, 4.69) is 10.7 Å². The molecule has 1 N–H and O–H groups in total. The number of hydrogen-bond donors (Lipinski definition) is 1. The van der Waals surface area contributed by atoms with Crippen molar-refractivity contribution in [3.05, 3.63) is 70.6 Å². The molecule has 0 bridgehead atoms. The molecule has 0 aliphatic rings. The lowest BCUT2D eigenvalue weighted by Crippen LogP contribution is -2.00. The van der Waals surface area contributed by atoms with E-state index in [0.717, 1.165) is 0 Å². The molecule has 0 amide bonds. The van der Waals surface area contributed by atoms with Crippen molar-refractivity contribution < 1.29 is 4.79 Å². The van der Waals surface area contributed by atoms with Crippen molar-refractivity contribution >= 4 is 11.5 Å². The third kappa shape index (κ3) is 2.55. The molecule has 0 aliphatic carbocycles. The second kappa shape index (κ2) is 5.03. The minimum absolute atomic E-state index is 0.0452. The van der Waals surface area contributed by atoms with Crippen molar-refractivity contribution in [1.82, 2.24) is 0 Å². The minimum atomic E-state index is -0.0452. The Balaban J connectivity index is 2.23. The van der Waals surface area contributed by atoms with Crippen LogP contribution in [0.15, 0.2) is 59.9 Å². The average molecular weight is 226 g/mol. The van der Waals surface area contributed by atoms with Crippen molar-refractivity contribution in [2.45, 2.75) is 0 Å². The van der Waals surface area contributed by atoms with Gasteiger partial charge in [0.25, 0.3) is 0 Å². The summed E-state index contributed by atoms with van der Waals surface area (Å²) in [6.45, 7) is 0. The Labute approximate surface area is 98.2 Å². The van der Waals surface area contributed by atoms with Crippen LogP contribution in [0, 0.1) is 4.91 Å². The fourth-order valence-electron chi connectivity index (χ4n) is 1.51. The van der Waals surface area contributed by atoms with Crippen molar-refractivity contribution in [2.75, 3.05) is 5.43 Å². The molecule has 0 saturated heterocycles. The number of carbonyl (C=O) groups is 1. The highest BCUT2D eigenvalue weighted by atomic mass is 16.3. The number of nitroso groups, excluding NO2 is 1. The highest BCUT2D eigenvalue weighted by Gasteiger charge is 2.07. The van der Waals surface area contributed by atoms with Gasteiger partial charge in [-0.05, 0) is 24.3 Å². The molecule has 0 radical (unpaired) electrons. The van der Waals surface area contributed by atoms with E-state index in [1.807, 2.05) is 18.2 Å². The summed E-state index contributed by atoms with van der Waals surface area (Å²) in [6, 6.07) is 15.6. The summed E-state index contributed by atoms with van der Waals surface area (Å²) in [5.74, 6) is -0.0452. The number of nitrogens with one attached hydrogen (secondary N) is 1. The van der Waals surface area contributed by atoms with Gasteiger partial charge in [0.1, 0.15) is 0 Å². The van der Waals surface area contributed by atoms with Gasteiger partial charge in [0.2, 0.25) is 0 Å². The monoisotopic (exact) mass is 226 g/mol. The van der Waals surface area contributed by atoms with Gasteiger partial charge in [-0.2, -0.15) is 0 Å². The molecule has 84 valence electrons. The van der Waals surface area contributed by atoms with Crippen LogP contribution in [0.5, 0.6) is 0 Å². The lowest BCUT2D eigenvalue weighted by atomic mass is 10.0. The third-order valence-electron chi connectivity index (χ3n) is 2.36. The van der Waals surface area contributed by atoms with E-state index in [-0.39, 0.29) is 5.78 Å². The zero-order chi connectivity index (χ0) is 12.1. The highest BCUT2D eigenvalue weighted by Crippen LogP contribution is 2.13. The summed E-state index contributed by atoms with van der Waals surface area (Å²) >= 11 is 0. The van der Waals surface area contributed by atoms with Crippen molar-refractivity contribution in [3.63, 3.8) is 0 Å². The number of carbonyl (C=O) groups excluding carboxylic acids is 1. The smallest absolute Gasteiger partial charge is 0.193 e. The van der Waals surface area contributed by atoms with Crippen LogP contribution >= 0.6 is 0 Å². The number of nitrogens with zero attached hydrogens (tertiary/aromatic N) is 1. The summed E-state index contributed by atoms with van der Waals surface area (Å²) in [5, 5.41) is 2.55. The molecule has 0 heterocycles. The molecular weight excluding hydrogens is 216 g/mol. The van der Waals surface area contributed by atoms with E-state index in [1.54, 1.807) is 36.4 Å². The van der Waals surface area contributed by atoms with E-state index in [9.17, 15) is 9.70 Å². The van der Waals surface area contributed by atoms with Gasteiger partial charge in [0.05, 0.1) is 11.0 Å². The summed E-state index contributed by atoms with van der Waals surface area (Å²) in [4.78, 5) is 22.0.